The Kier molecular flexibility index (Phi) is 6.99. The minimum absolute atomic E-state index is 0.249. The molecule has 4 atom stereocenters. The molecule has 0 bridgehead atoms. The smallest absolute Gasteiger partial charge is 0.323 e. The molecule has 1 heterocycles. The summed E-state index contributed by atoms with van der Waals surface area (Å²) in [4.78, 5) is 12.0. The quantitative estimate of drug-likeness (QED) is 0.835. The maximum Gasteiger partial charge on any atom is 0.323 e. The molecule has 2 N–H and O–H groups in total. The first-order valence-corrected chi connectivity index (χ1v) is 8.51. The van der Waals surface area contributed by atoms with Crippen molar-refractivity contribution < 1.29 is 23.4 Å². The molecule has 0 spiro atoms. The zero-order chi connectivity index (χ0) is 17.5. The van der Waals surface area contributed by atoms with Crippen molar-refractivity contribution in [2.24, 2.45) is 5.73 Å². The van der Waals surface area contributed by atoms with Crippen LogP contribution in [0.5, 0.6) is 5.75 Å². The summed E-state index contributed by atoms with van der Waals surface area (Å²) in [6.07, 6.45) is 1.54. The van der Waals surface area contributed by atoms with E-state index in [0.29, 0.717) is 25.2 Å². The number of cyclic esters (lactones) is 1. The van der Waals surface area contributed by atoms with Crippen molar-refractivity contribution in [3.05, 3.63) is 30.1 Å². The van der Waals surface area contributed by atoms with E-state index in [-0.39, 0.29) is 11.9 Å². The summed E-state index contributed by atoms with van der Waals surface area (Å²) in [7, 11) is 0. The van der Waals surface area contributed by atoms with Crippen LogP contribution in [-0.4, -0.2) is 36.9 Å². The summed E-state index contributed by atoms with van der Waals surface area (Å²) < 4.78 is 30.8. The van der Waals surface area contributed by atoms with E-state index in [1.807, 2.05) is 6.92 Å². The average Bonchev–Trinajstić information content (AvgIpc) is 2.59. The van der Waals surface area contributed by atoms with Gasteiger partial charge < -0.3 is 19.9 Å². The third-order valence-electron chi connectivity index (χ3n) is 4.04. The minimum Gasteiger partial charge on any atom is -0.484 e. The Balaban J connectivity index is 2.21. The number of nitrogens with two attached hydrogens (primary N) is 1. The highest BCUT2D eigenvalue weighted by Crippen LogP contribution is 2.24. The molecule has 0 unspecified atom stereocenters. The van der Waals surface area contributed by atoms with Crippen LogP contribution in [0.3, 0.4) is 0 Å². The Bertz CT molecular complexity index is 540. The highest BCUT2D eigenvalue weighted by molar-refractivity contribution is 5.75. The molecule has 1 aliphatic rings. The van der Waals surface area contributed by atoms with E-state index in [4.69, 9.17) is 19.9 Å². The maximum absolute atomic E-state index is 13.4. The van der Waals surface area contributed by atoms with Gasteiger partial charge >= 0.3 is 5.97 Å². The zero-order valence-corrected chi connectivity index (χ0v) is 14.2. The van der Waals surface area contributed by atoms with Gasteiger partial charge in [-0.05, 0) is 44.7 Å². The van der Waals surface area contributed by atoms with Crippen LogP contribution in [0.1, 0.15) is 39.5 Å². The standard InChI is InChI=1S/C18H26FNO4/c1-3-10-22-16-9-5-8-15(20)18(21)23-12(2)17(16)24-14-7-4-6-13(19)11-14/h4,6-7,11-12,15-17H,3,5,8-10,20H2,1-2H3/t12-,15-,16-,17-/m0/s1. The van der Waals surface area contributed by atoms with Crippen LogP contribution < -0.4 is 10.5 Å². The van der Waals surface area contributed by atoms with Gasteiger partial charge in [0.2, 0.25) is 0 Å². The van der Waals surface area contributed by atoms with Gasteiger partial charge in [-0.2, -0.15) is 0 Å². The van der Waals surface area contributed by atoms with E-state index < -0.39 is 24.2 Å². The lowest BCUT2D eigenvalue weighted by molar-refractivity contribution is -0.158. The van der Waals surface area contributed by atoms with Crippen LogP contribution in [0, 0.1) is 5.82 Å². The number of esters is 1. The summed E-state index contributed by atoms with van der Waals surface area (Å²) >= 11 is 0. The third kappa shape index (κ3) is 5.18. The van der Waals surface area contributed by atoms with Crippen molar-refractivity contribution in [2.75, 3.05) is 6.61 Å². The summed E-state index contributed by atoms with van der Waals surface area (Å²) in [6, 6.07) is 5.28. The van der Waals surface area contributed by atoms with Gasteiger partial charge in [0, 0.05) is 12.7 Å². The Morgan fingerprint density at radius 2 is 2.17 bits per heavy atom. The predicted molar refractivity (Wildman–Crippen MR) is 88.2 cm³/mol. The van der Waals surface area contributed by atoms with Gasteiger partial charge in [0.15, 0.2) is 6.10 Å². The lowest BCUT2D eigenvalue weighted by atomic mass is 10.0. The Morgan fingerprint density at radius 3 is 2.88 bits per heavy atom. The molecule has 1 aromatic carbocycles. The molecule has 6 heteroatoms. The number of benzene rings is 1. The lowest BCUT2D eigenvalue weighted by Gasteiger charge is -2.31. The second kappa shape index (κ2) is 8.99. The van der Waals surface area contributed by atoms with Gasteiger partial charge in [-0.1, -0.05) is 13.0 Å². The molecule has 0 amide bonds. The minimum atomic E-state index is -0.632. The number of carbonyl (C=O) groups is 1. The second-order valence-electron chi connectivity index (χ2n) is 6.13. The highest BCUT2D eigenvalue weighted by atomic mass is 19.1. The predicted octanol–water partition coefficient (Wildman–Crippen LogP) is 2.81. The Morgan fingerprint density at radius 1 is 1.38 bits per heavy atom. The first kappa shape index (κ1) is 18.7. The molecule has 1 aromatic rings. The second-order valence-corrected chi connectivity index (χ2v) is 6.13. The van der Waals surface area contributed by atoms with Crippen molar-refractivity contribution in [3.8, 4) is 5.75 Å². The van der Waals surface area contributed by atoms with Gasteiger partial charge in [0.1, 0.15) is 23.7 Å². The van der Waals surface area contributed by atoms with Crippen LogP contribution in [0.4, 0.5) is 4.39 Å². The van der Waals surface area contributed by atoms with E-state index in [2.05, 4.69) is 0 Å². The molecular weight excluding hydrogens is 313 g/mol. The molecule has 1 aliphatic heterocycles. The number of hydrogen-bond donors (Lipinski definition) is 1. The molecule has 134 valence electrons. The molecule has 1 saturated heterocycles. The fourth-order valence-electron chi connectivity index (χ4n) is 2.78. The largest absolute Gasteiger partial charge is 0.484 e. The Hall–Kier alpha value is -1.66. The van der Waals surface area contributed by atoms with Crippen molar-refractivity contribution in [1.29, 1.82) is 0 Å². The van der Waals surface area contributed by atoms with E-state index in [9.17, 15) is 9.18 Å². The molecule has 24 heavy (non-hydrogen) atoms. The van der Waals surface area contributed by atoms with Crippen molar-refractivity contribution >= 4 is 5.97 Å². The maximum atomic E-state index is 13.4. The normalized spacial score (nSPS) is 28.4. The molecule has 0 aromatic heterocycles. The molecule has 0 saturated carbocycles. The average molecular weight is 339 g/mol. The fourth-order valence-corrected chi connectivity index (χ4v) is 2.78. The molecule has 5 nitrogen and oxygen atoms in total. The summed E-state index contributed by atoms with van der Waals surface area (Å²) in [5.41, 5.74) is 5.84. The fraction of sp³-hybridized carbons (Fsp3) is 0.611. The number of hydrogen-bond acceptors (Lipinski definition) is 5. The van der Waals surface area contributed by atoms with Crippen LogP contribution in [0.2, 0.25) is 0 Å². The number of halogens is 1. The van der Waals surface area contributed by atoms with Crippen molar-refractivity contribution in [3.63, 3.8) is 0 Å². The first-order chi connectivity index (χ1) is 11.5. The number of carbonyl (C=O) groups excluding carboxylic acids is 1. The van der Waals surface area contributed by atoms with Gasteiger partial charge in [-0.25, -0.2) is 4.39 Å². The van der Waals surface area contributed by atoms with Crippen LogP contribution >= 0.6 is 0 Å². The van der Waals surface area contributed by atoms with E-state index >= 15 is 0 Å². The monoisotopic (exact) mass is 339 g/mol. The van der Waals surface area contributed by atoms with Gasteiger partial charge in [0.25, 0.3) is 0 Å². The molecular formula is C18H26FNO4. The van der Waals surface area contributed by atoms with Gasteiger partial charge in [-0.3, -0.25) is 4.79 Å². The van der Waals surface area contributed by atoms with Gasteiger partial charge in [0.05, 0.1) is 6.10 Å². The summed E-state index contributed by atoms with van der Waals surface area (Å²) in [5.74, 6) is -0.434. The van der Waals surface area contributed by atoms with Crippen LogP contribution in [0.15, 0.2) is 24.3 Å². The molecule has 0 radical (unpaired) electrons. The van der Waals surface area contributed by atoms with Crippen molar-refractivity contribution in [2.45, 2.75) is 63.9 Å². The van der Waals surface area contributed by atoms with Crippen LogP contribution in [-0.2, 0) is 14.3 Å². The van der Waals surface area contributed by atoms with E-state index in [1.54, 1.807) is 19.1 Å². The SMILES string of the molecule is CCCO[C@H]1CCC[C@H](N)C(=O)O[C@@H](C)[C@@H]1Oc1cccc(F)c1. The van der Waals surface area contributed by atoms with E-state index in [1.165, 1.54) is 12.1 Å². The highest BCUT2D eigenvalue weighted by Gasteiger charge is 2.35. The van der Waals surface area contributed by atoms with E-state index in [0.717, 1.165) is 12.8 Å². The molecule has 1 fully saturated rings. The summed E-state index contributed by atoms with van der Waals surface area (Å²) in [6.45, 7) is 4.36. The first-order valence-electron chi connectivity index (χ1n) is 8.51. The van der Waals surface area contributed by atoms with Gasteiger partial charge in [-0.15, -0.1) is 0 Å². The molecule has 2 rings (SSSR count). The van der Waals surface area contributed by atoms with Crippen molar-refractivity contribution in [1.82, 2.24) is 0 Å². The van der Waals surface area contributed by atoms with Crippen LogP contribution in [0.25, 0.3) is 0 Å². The third-order valence-corrected chi connectivity index (χ3v) is 4.04. The molecule has 0 aliphatic carbocycles. The zero-order valence-electron chi connectivity index (χ0n) is 14.2. The topological polar surface area (TPSA) is 70.8 Å². The Labute approximate surface area is 142 Å². The number of ether oxygens (including phenoxy) is 3. The summed E-state index contributed by atoms with van der Waals surface area (Å²) in [5, 5.41) is 0. The number of rotatable bonds is 5. The lowest BCUT2D eigenvalue weighted by Crippen LogP contribution is -2.45.